The minimum Gasteiger partial charge on any atom is -0.503 e. The third-order valence-corrected chi connectivity index (χ3v) is 8.91. The first-order chi connectivity index (χ1) is 18.1. The van der Waals surface area contributed by atoms with Crippen LogP contribution in [0.15, 0.2) is 98.0 Å². The van der Waals surface area contributed by atoms with Crippen LogP contribution in [0.1, 0.15) is 22.2 Å². The highest BCUT2D eigenvalue weighted by Gasteiger charge is 2.46. The number of anilines is 1. The lowest BCUT2D eigenvalue weighted by molar-refractivity contribution is -0.384. The lowest BCUT2D eigenvalue weighted by Crippen LogP contribution is -2.30. The molecule has 0 aliphatic carbocycles. The fraction of sp³-hybridized carbons (Fsp3) is 0.0417. The number of nitro groups is 1. The van der Waals surface area contributed by atoms with E-state index < -0.39 is 44.1 Å². The lowest BCUT2D eigenvalue weighted by atomic mass is 9.95. The molecule has 4 aromatic rings. The van der Waals surface area contributed by atoms with E-state index in [1.165, 1.54) is 30.5 Å². The number of furan rings is 1. The van der Waals surface area contributed by atoms with Crippen LogP contribution >= 0.6 is 11.3 Å². The fourth-order valence-electron chi connectivity index (χ4n) is 3.88. The van der Waals surface area contributed by atoms with Crippen LogP contribution in [-0.4, -0.2) is 35.1 Å². The van der Waals surface area contributed by atoms with Crippen LogP contribution in [0.5, 0.6) is 0 Å². The molecule has 0 spiro atoms. The van der Waals surface area contributed by atoms with Crippen LogP contribution < -0.4 is 4.90 Å². The van der Waals surface area contributed by atoms with Gasteiger partial charge >= 0.3 is 0 Å². The van der Waals surface area contributed by atoms with Crippen LogP contribution in [-0.2, 0) is 14.6 Å². The van der Waals surface area contributed by atoms with Crippen LogP contribution in [0.2, 0.25) is 0 Å². The number of nitrogens with zero attached hydrogens (tertiary/aromatic N) is 3. The van der Waals surface area contributed by atoms with Crippen molar-refractivity contribution in [2.24, 2.45) is 0 Å². The molecule has 0 radical (unpaired) electrons. The third kappa shape index (κ3) is 4.14. The van der Waals surface area contributed by atoms with Crippen LogP contribution in [0.3, 0.4) is 0 Å². The molecule has 1 amide bonds. The maximum atomic E-state index is 13.7. The van der Waals surface area contributed by atoms with Crippen LogP contribution in [0, 0.1) is 15.9 Å². The zero-order valence-electron chi connectivity index (χ0n) is 18.8. The Kier molecular flexibility index (Phi) is 6.12. The summed E-state index contributed by atoms with van der Waals surface area (Å²) in [5.41, 5.74) is -0.408. The number of nitro benzene ring substituents is 1. The topological polar surface area (TPSA) is 161 Å². The number of aliphatic hydroxyl groups is 1. The van der Waals surface area contributed by atoms with Crippen molar-refractivity contribution in [1.82, 2.24) is 4.98 Å². The van der Waals surface area contributed by atoms with Gasteiger partial charge in [-0.05, 0) is 42.0 Å². The molecule has 14 heteroatoms. The lowest BCUT2D eigenvalue weighted by Gasteiger charge is -2.24. The fourth-order valence-corrected chi connectivity index (χ4v) is 6.43. The van der Waals surface area contributed by atoms with E-state index in [4.69, 9.17) is 4.42 Å². The first kappa shape index (κ1) is 25.0. The molecule has 1 aliphatic rings. The number of benzene rings is 2. The predicted octanol–water partition coefficient (Wildman–Crippen LogP) is 4.40. The average Bonchev–Trinajstić information content (AvgIpc) is 3.65. The van der Waals surface area contributed by atoms with Crippen molar-refractivity contribution in [2.45, 2.75) is 15.1 Å². The van der Waals surface area contributed by atoms with E-state index in [0.717, 1.165) is 47.5 Å². The molecule has 1 aliphatic heterocycles. The SMILES string of the molecule is O=C(C1=C(O)C(=O)N(c2ncc(S(=O)(=O)c3ccc([N+](=O)[O-])cc3)s2)[C@H]1c1ccc(F)cc1)c1ccco1. The van der Waals surface area contributed by atoms with Gasteiger partial charge in [0, 0.05) is 12.1 Å². The van der Waals surface area contributed by atoms with Gasteiger partial charge in [-0.3, -0.25) is 24.6 Å². The number of rotatable bonds is 7. The largest absolute Gasteiger partial charge is 0.503 e. The number of non-ortho nitro benzene ring substituents is 1. The Morgan fingerprint density at radius 2 is 1.82 bits per heavy atom. The van der Waals surface area contributed by atoms with Gasteiger partial charge in [0.25, 0.3) is 11.6 Å². The normalized spacial score (nSPS) is 15.8. The Morgan fingerprint density at radius 3 is 2.42 bits per heavy atom. The van der Waals surface area contributed by atoms with Gasteiger partial charge in [0.15, 0.2) is 16.7 Å². The molecular weight excluding hydrogens is 541 g/mol. The molecule has 0 fully saturated rings. The van der Waals surface area contributed by atoms with E-state index in [-0.39, 0.29) is 36.8 Å². The second-order valence-electron chi connectivity index (χ2n) is 7.91. The number of ketones is 1. The Morgan fingerprint density at radius 1 is 1.13 bits per heavy atom. The number of hydrogen-bond acceptors (Lipinski definition) is 10. The summed E-state index contributed by atoms with van der Waals surface area (Å²) in [7, 11) is -4.19. The minimum atomic E-state index is -4.19. The number of carbonyl (C=O) groups is 2. The number of thiazole rings is 1. The zero-order valence-corrected chi connectivity index (χ0v) is 20.5. The van der Waals surface area contributed by atoms with E-state index in [0.29, 0.717) is 11.3 Å². The molecule has 1 N–H and O–H groups in total. The van der Waals surface area contributed by atoms with Gasteiger partial charge in [0.2, 0.25) is 15.6 Å². The highest BCUT2D eigenvalue weighted by Crippen LogP contribution is 2.44. The van der Waals surface area contributed by atoms with E-state index in [9.17, 15) is 37.6 Å². The zero-order chi connectivity index (χ0) is 27.2. The molecule has 1 atom stereocenters. The number of amides is 1. The number of sulfone groups is 1. The van der Waals surface area contributed by atoms with E-state index in [2.05, 4.69) is 4.98 Å². The Balaban J connectivity index is 1.57. The smallest absolute Gasteiger partial charge is 0.296 e. The maximum Gasteiger partial charge on any atom is 0.296 e. The Bertz CT molecular complexity index is 1710. The standard InChI is InChI=1S/C24H14FN3O8S2/c25-14-5-3-13(4-6-14)20-19(21(29)17-2-1-11-36-17)22(30)23(31)27(20)24-26-12-18(37-24)38(34,35)16-9-7-15(8-10-16)28(32)33/h1-12,20,30H/t20-/m0/s1. The van der Waals surface area contributed by atoms with E-state index in [1.807, 2.05) is 0 Å². The van der Waals surface area contributed by atoms with Crippen molar-refractivity contribution in [3.8, 4) is 0 Å². The Hall–Kier alpha value is -4.69. The number of Topliss-reactive ketones (excluding diaryl/α,β-unsaturated/α-hetero) is 1. The first-order valence-electron chi connectivity index (χ1n) is 10.7. The molecule has 0 unspecified atom stereocenters. The van der Waals surface area contributed by atoms with Crippen molar-refractivity contribution in [2.75, 3.05) is 4.90 Å². The van der Waals surface area contributed by atoms with Crippen molar-refractivity contribution in [1.29, 1.82) is 0 Å². The van der Waals surface area contributed by atoms with Gasteiger partial charge in [-0.15, -0.1) is 0 Å². The molecule has 0 bridgehead atoms. The summed E-state index contributed by atoms with van der Waals surface area (Å²) in [6.07, 6.45) is 2.23. The summed E-state index contributed by atoms with van der Waals surface area (Å²) in [5, 5.41) is 21.4. The first-order valence-corrected chi connectivity index (χ1v) is 13.0. The monoisotopic (exact) mass is 555 g/mol. The summed E-state index contributed by atoms with van der Waals surface area (Å²) in [5.74, 6) is -3.46. The summed E-state index contributed by atoms with van der Waals surface area (Å²) < 4.78 is 44.8. The third-order valence-electron chi connectivity index (χ3n) is 5.68. The number of carbonyl (C=O) groups excluding carboxylic acids is 2. The molecule has 0 saturated heterocycles. The van der Waals surface area contributed by atoms with Crippen LogP contribution in [0.25, 0.3) is 0 Å². The van der Waals surface area contributed by atoms with E-state index in [1.54, 1.807) is 0 Å². The van der Waals surface area contributed by atoms with Crippen molar-refractivity contribution in [3.05, 3.63) is 112 Å². The summed E-state index contributed by atoms with van der Waals surface area (Å²) in [6, 6.07) is 10.6. The van der Waals surface area contributed by atoms with Gasteiger partial charge in [-0.1, -0.05) is 23.5 Å². The van der Waals surface area contributed by atoms with Gasteiger partial charge < -0.3 is 9.52 Å². The molecule has 2 aromatic carbocycles. The molecule has 38 heavy (non-hydrogen) atoms. The summed E-state index contributed by atoms with van der Waals surface area (Å²) in [4.78, 5) is 41.4. The Labute approximate surface area is 217 Å². The average molecular weight is 556 g/mol. The van der Waals surface area contributed by atoms with Gasteiger partial charge in [-0.25, -0.2) is 17.8 Å². The van der Waals surface area contributed by atoms with Gasteiger partial charge in [0.1, 0.15) is 10.0 Å². The highest BCUT2D eigenvalue weighted by molar-refractivity contribution is 7.93. The summed E-state index contributed by atoms with van der Waals surface area (Å²) >= 11 is 0.587. The molecular formula is C24H14FN3O8S2. The highest BCUT2D eigenvalue weighted by atomic mass is 32.2. The predicted molar refractivity (Wildman–Crippen MR) is 130 cm³/mol. The molecule has 3 heterocycles. The van der Waals surface area contributed by atoms with E-state index >= 15 is 0 Å². The minimum absolute atomic E-state index is 0.158. The van der Waals surface area contributed by atoms with Crippen molar-refractivity contribution in [3.63, 3.8) is 0 Å². The molecule has 11 nitrogen and oxygen atoms in total. The quantitative estimate of drug-likeness (QED) is 0.198. The molecule has 5 rings (SSSR count). The number of aromatic nitrogens is 1. The van der Waals surface area contributed by atoms with Crippen molar-refractivity contribution < 1.29 is 36.8 Å². The maximum absolute atomic E-state index is 13.7. The second-order valence-corrected chi connectivity index (χ2v) is 11.1. The number of hydrogen-bond donors (Lipinski definition) is 1. The van der Waals surface area contributed by atoms with Gasteiger partial charge in [-0.2, -0.15) is 0 Å². The molecule has 0 saturated carbocycles. The second kappa shape index (κ2) is 9.32. The molecule has 2 aromatic heterocycles. The number of aliphatic hydroxyl groups excluding tert-OH is 1. The van der Waals surface area contributed by atoms with Crippen molar-refractivity contribution >= 4 is 43.7 Å². The van der Waals surface area contributed by atoms with Crippen LogP contribution in [0.4, 0.5) is 15.2 Å². The molecule has 192 valence electrons. The number of halogens is 1. The van der Waals surface area contributed by atoms with Gasteiger partial charge in [0.05, 0.1) is 33.9 Å². The summed E-state index contributed by atoms with van der Waals surface area (Å²) in [6.45, 7) is 0.